The summed E-state index contributed by atoms with van der Waals surface area (Å²) in [6.07, 6.45) is 1.76. The fourth-order valence-corrected chi connectivity index (χ4v) is 3.82. The van der Waals surface area contributed by atoms with Crippen molar-refractivity contribution >= 4 is 11.8 Å². The second kappa shape index (κ2) is 7.97. The van der Waals surface area contributed by atoms with E-state index in [1.54, 1.807) is 21.9 Å². The summed E-state index contributed by atoms with van der Waals surface area (Å²) in [6.45, 7) is 8.15. The number of amides is 2. The standard InChI is InChI=1S/C21H29FN2O3/c1-21(2,3)13-19(25)24-10-4-5-17(24)20(26)23-11-12-27-18(14-23)15-6-8-16(22)9-7-15/h6-9,17-18H,4-5,10-14H2,1-3H3. The van der Waals surface area contributed by atoms with Crippen molar-refractivity contribution in [3.05, 3.63) is 35.6 Å². The van der Waals surface area contributed by atoms with Gasteiger partial charge in [-0.3, -0.25) is 9.59 Å². The van der Waals surface area contributed by atoms with Crippen LogP contribution >= 0.6 is 0 Å². The van der Waals surface area contributed by atoms with Crippen LogP contribution in [0.25, 0.3) is 0 Å². The third kappa shape index (κ3) is 4.86. The molecular weight excluding hydrogens is 347 g/mol. The molecule has 3 rings (SSSR count). The lowest BCUT2D eigenvalue weighted by atomic mass is 9.91. The number of nitrogens with zero attached hydrogens (tertiary/aromatic N) is 2. The fraction of sp³-hybridized carbons (Fsp3) is 0.619. The van der Waals surface area contributed by atoms with Crippen LogP contribution in [0.3, 0.4) is 0 Å². The summed E-state index contributed by atoms with van der Waals surface area (Å²) in [5.41, 5.74) is 0.765. The summed E-state index contributed by atoms with van der Waals surface area (Å²) in [5.74, 6) is -0.228. The van der Waals surface area contributed by atoms with E-state index in [2.05, 4.69) is 0 Å². The second-order valence-corrected chi connectivity index (χ2v) is 8.68. The minimum Gasteiger partial charge on any atom is -0.370 e. The number of halogens is 1. The van der Waals surface area contributed by atoms with Crippen LogP contribution in [0, 0.1) is 11.2 Å². The van der Waals surface area contributed by atoms with Crippen LogP contribution in [-0.2, 0) is 14.3 Å². The normalized spacial score (nSPS) is 23.6. The second-order valence-electron chi connectivity index (χ2n) is 8.68. The fourth-order valence-electron chi connectivity index (χ4n) is 3.82. The van der Waals surface area contributed by atoms with Gasteiger partial charge in [0.1, 0.15) is 18.0 Å². The third-order valence-corrected chi connectivity index (χ3v) is 5.16. The zero-order chi connectivity index (χ0) is 19.6. The molecule has 5 nitrogen and oxygen atoms in total. The quantitative estimate of drug-likeness (QED) is 0.814. The molecule has 1 aromatic carbocycles. The van der Waals surface area contributed by atoms with E-state index in [4.69, 9.17) is 4.74 Å². The van der Waals surface area contributed by atoms with Gasteiger partial charge in [-0.2, -0.15) is 0 Å². The van der Waals surface area contributed by atoms with Gasteiger partial charge in [-0.25, -0.2) is 4.39 Å². The highest BCUT2D eigenvalue weighted by Gasteiger charge is 2.38. The number of likely N-dealkylation sites (tertiary alicyclic amines) is 1. The molecule has 2 fully saturated rings. The van der Waals surface area contributed by atoms with Gasteiger partial charge in [-0.05, 0) is 36.0 Å². The lowest BCUT2D eigenvalue weighted by Gasteiger charge is -2.36. The number of carbonyl (C=O) groups excluding carboxylic acids is 2. The SMILES string of the molecule is CC(C)(C)CC(=O)N1CCCC1C(=O)N1CCOC(c2ccc(F)cc2)C1. The van der Waals surface area contributed by atoms with E-state index in [1.165, 1.54) is 12.1 Å². The van der Waals surface area contributed by atoms with Gasteiger partial charge in [-0.15, -0.1) is 0 Å². The average Bonchev–Trinajstić information content (AvgIpc) is 3.10. The number of morpholine rings is 1. The van der Waals surface area contributed by atoms with Crippen molar-refractivity contribution in [2.75, 3.05) is 26.2 Å². The first-order chi connectivity index (χ1) is 12.7. The highest BCUT2D eigenvalue weighted by Crippen LogP contribution is 2.28. The van der Waals surface area contributed by atoms with Gasteiger partial charge in [0.05, 0.1) is 13.2 Å². The zero-order valence-electron chi connectivity index (χ0n) is 16.4. The highest BCUT2D eigenvalue weighted by atomic mass is 19.1. The van der Waals surface area contributed by atoms with Crippen LogP contribution in [0.4, 0.5) is 4.39 Å². The summed E-state index contributed by atoms with van der Waals surface area (Å²) in [5, 5.41) is 0. The molecule has 2 unspecified atom stereocenters. The van der Waals surface area contributed by atoms with Gasteiger partial charge in [-0.1, -0.05) is 32.9 Å². The Kier molecular flexibility index (Phi) is 5.84. The van der Waals surface area contributed by atoms with Crippen LogP contribution in [0.15, 0.2) is 24.3 Å². The zero-order valence-corrected chi connectivity index (χ0v) is 16.4. The van der Waals surface area contributed by atoms with E-state index >= 15 is 0 Å². The molecule has 0 radical (unpaired) electrons. The first-order valence-electron chi connectivity index (χ1n) is 9.70. The molecule has 148 valence electrons. The van der Waals surface area contributed by atoms with Crippen molar-refractivity contribution in [2.45, 2.75) is 52.2 Å². The number of carbonyl (C=O) groups is 2. The summed E-state index contributed by atoms with van der Waals surface area (Å²) < 4.78 is 18.9. The molecule has 0 N–H and O–H groups in total. The topological polar surface area (TPSA) is 49.9 Å². The summed E-state index contributed by atoms with van der Waals surface area (Å²) in [7, 11) is 0. The largest absolute Gasteiger partial charge is 0.370 e. The van der Waals surface area contributed by atoms with E-state index in [0.717, 1.165) is 12.0 Å². The van der Waals surface area contributed by atoms with E-state index in [-0.39, 0.29) is 35.2 Å². The Morgan fingerprint density at radius 3 is 2.56 bits per heavy atom. The van der Waals surface area contributed by atoms with Gasteiger partial charge in [0.2, 0.25) is 11.8 Å². The van der Waals surface area contributed by atoms with Crippen LogP contribution in [0.1, 0.15) is 51.7 Å². The number of ether oxygens (including phenoxy) is 1. The van der Waals surface area contributed by atoms with Crippen LogP contribution in [-0.4, -0.2) is 53.9 Å². The third-order valence-electron chi connectivity index (χ3n) is 5.16. The number of rotatable bonds is 3. The van der Waals surface area contributed by atoms with Crippen molar-refractivity contribution in [3.63, 3.8) is 0 Å². The van der Waals surface area contributed by atoms with Crippen LogP contribution in [0.2, 0.25) is 0 Å². The average molecular weight is 376 g/mol. The molecule has 0 saturated carbocycles. The summed E-state index contributed by atoms with van der Waals surface area (Å²) in [6, 6.07) is 5.84. The molecule has 1 aromatic rings. The minimum absolute atomic E-state index is 0.00479. The van der Waals surface area contributed by atoms with E-state index in [9.17, 15) is 14.0 Å². The van der Waals surface area contributed by atoms with Gasteiger partial charge < -0.3 is 14.5 Å². The van der Waals surface area contributed by atoms with E-state index in [1.807, 2.05) is 20.8 Å². The van der Waals surface area contributed by atoms with Crippen molar-refractivity contribution in [1.29, 1.82) is 0 Å². The Morgan fingerprint density at radius 1 is 1.19 bits per heavy atom. The molecule has 27 heavy (non-hydrogen) atoms. The van der Waals surface area contributed by atoms with E-state index in [0.29, 0.717) is 39.1 Å². The van der Waals surface area contributed by atoms with Gasteiger partial charge in [0.25, 0.3) is 0 Å². The Balaban J connectivity index is 1.67. The van der Waals surface area contributed by atoms with Crippen LogP contribution < -0.4 is 0 Å². The van der Waals surface area contributed by atoms with Gasteiger partial charge in [0, 0.05) is 19.5 Å². The molecule has 2 heterocycles. The molecular formula is C21H29FN2O3. The predicted molar refractivity (Wildman–Crippen MR) is 100 cm³/mol. The monoisotopic (exact) mass is 376 g/mol. The Hall–Kier alpha value is -1.95. The van der Waals surface area contributed by atoms with Crippen molar-refractivity contribution in [2.24, 2.45) is 5.41 Å². The molecule has 6 heteroatoms. The molecule has 2 saturated heterocycles. The Labute approximate surface area is 160 Å². The number of hydrogen-bond donors (Lipinski definition) is 0. The molecule has 2 atom stereocenters. The molecule has 2 amide bonds. The smallest absolute Gasteiger partial charge is 0.245 e. The minimum atomic E-state index is -0.369. The maximum absolute atomic E-state index is 13.2. The maximum Gasteiger partial charge on any atom is 0.245 e. The summed E-state index contributed by atoms with van der Waals surface area (Å²) >= 11 is 0. The lowest BCUT2D eigenvalue weighted by molar-refractivity contribution is -0.149. The molecule has 2 aliphatic rings. The lowest BCUT2D eigenvalue weighted by Crippen LogP contribution is -2.51. The Morgan fingerprint density at radius 2 is 1.89 bits per heavy atom. The molecule has 0 bridgehead atoms. The first-order valence-corrected chi connectivity index (χ1v) is 9.70. The van der Waals surface area contributed by atoms with Crippen LogP contribution in [0.5, 0.6) is 0 Å². The number of hydrogen-bond acceptors (Lipinski definition) is 3. The maximum atomic E-state index is 13.2. The Bertz CT molecular complexity index is 684. The molecule has 0 aromatic heterocycles. The van der Waals surface area contributed by atoms with Crippen molar-refractivity contribution < 1.29 is 18.7 Å². The van der Waals surface area contributed by atoms with Gasteiger partial charge >= 0.3 is 0 Å². The van der Waals surface area contributed by atoms with Gasteiger partial charge in [0.15, 0.2) is 0 Å². The van der Waals surface area contributed by atoms with Crippen molar-refractivity contribution in [3.8, 4) is 0 Å². The predicted octanol–water partition coefficient (Wildman–Crippen LogP) is 3.15. The van der Waals surface area contributed by atoms with Crippen molar-refractivity contribution in [1.82, 2.24) is 9.80 Å². The molecule has 0 spiro atoms. The highest BCUT2D eigenvalue weighted by molar-refractivity contribution is 5.88. The number of benzene rings is 1. The first kappa shape index (κ1) is 19.8. The molecule has 0 aliphatic carbocycles. The van der Waals surface area contributed by atoms with E-state index < -0.39 is 0 Å². The summed E-state index contributed by atoms with van der Waals surface area (Å²) in [4.78, 5) is 29.4. The molecule has 2 aliphatic heterocycles.